The van der Waals surface area contributed by atoms with Gasteiger partial charge in [-0.05, 0) is 29.3 Å². The van der Waals surface area contributed by atoms with Crippen LogP contribution in [-0.4, -0.2) is 39.3 Å². The highest BCUT2D eigenvalue weighted by molar-refractivity contribution is 8.26. The van der Waals surface area contributed by atoms with Crippen LogP contribution in [0.15, 0.2) is 59.5 Å². The van der Waals surface area contributed by atoms with Gasteiger partial charge in [-0.1, -0.05) is 66.4 Å². The summed E-state index contributed by atoms with van der Waals surface area (Å²) in [7, 11) is 1.26. The Labute approximate surface area is 170 Å². The highest BCUT2D eigenvalue weighted by Crippen LogP contribution is 2.38. The monoisotopic (exact) mass is 413 g/mol. The fourth-order valence-corrected chi connectivity index (χ4v) is 4.03. The van der Waals surface area contributed by atoms with E-state index < -0.39 is 23.9 Å². The van der Waals surface area contributed by atoms with E-state index in [-0.39, 0.29) is 9.88 Å². The zero-order valence-corrected chi connectivity index (χ0v) is 16.3. The maximum atomic E-state index is 13.0. The van der Waals surface area contributed by atoms with Crippen molar-refractivity contribution in [2.45, 2.75) is 6.04 Å². The number of rotatable bonds is 5. The van der Waals surface area contributed by atoms with Gasteiger partial charge >= 0.3 is 11.9 Å². The molecule has 1 amide bonds. The fourth-order valence-electron chi connectivity index (χ4n) is 2.71. The Morgan fingerprint density at radius 2 is 1.79 bits per heavy atom. The largest absolute Gasteiger partial charge is 0.478 e. The van der Waals surface area contributed by atoms with Crippen LogP contribution in [-0.2, 0) is 14.3 Å². The minimum Gasteiger partial charge on any atom is -0.478 e. The second-order valence-electron chi connectivity index (χ2n) is 5.82. The van der Waals surface area contributed by atoms with Crippen molar-refractivity contribution in [3.05, 3.63) is 76.2 Å². The topological polar surface area (TPSA) is 83.9 Å². The van der Waals surface area contributed by atoms with E-state index in [0.29, 0.717) is 16.0 Å². The lowest BCUT2D eigenvalue weighted by molar-refractivity contribution is -0.148. The highest BCUT2D eigenvalue weighted by Gasteiger charge is 2.41. The molecule has 2 aromatic rings. The Morgan fingerprint density at radius 1 is 1.14 bits per heavy atom. The van der Waals surface area contributed by atoms with E-state index in [2.05, 4.69) is 0 Å². The molecule has 0 spiro atoms. The molecule has 0 aliphatic carbocycles. The summed E-state index contributed by atoms with van der Waals surface area (Å²) in [5.41, 5.74) is 1.40. The number of aromatic carboxylic acids is 1. The molecule has 0 bridgehead atoms. The lowest BCUT2D eigenvalue weighted by atomic mass is 10.1. The number of thiocarbonyl (C=S) groups is 1. The molecular formula is C20H15NO5S2. The van der Waals surface area contributed by atoms with E-state index in [1.54, 1.807) is 42.5 Å². The molecule has 1 N–H and O–H groups in total. The Morgan fingerprint density at radius 3 is 2.36 bits per heavy atom. The number of nitrogens with zero attached hydrogens (tertiary/aromatic N) is 1. The summed E-state index contributed by atoms with van der Waals surface area (Å²) in [5, 5.41) is 8.97. The van der Waals surface area contributed by atoms with Crippen LogP contribution in [0.1, 0.15) is 27.5 Å². The number of carboxylic acid groups (broad SMARTS) is 1. The van der Waals surface area contributed by atoms with E-state index in [4.69, 9.17) is 22.1 Å². The van der Waals surface area contributed by atoms with Gasteiger partial charge in [-0.3, -0.25) is 9.69 Å². The maximum absolute atomic E-state index is 13.0. The Bertz CT molecular complexity index is 970. The first-order valence-corrected chi connectivity index (χ1v) is 9.38. The van der Waals surface area contributed by atoms with E-state index in [1.165, 1.54) is 24.1 Å². The van der Waals surface area contributed by atoms with E-state index in [9.17, 15) is 14.4 Å². The van der Waals surface area contributed by atoms with Gasteiger partial charge in [0.2, 0.25) is 0 Å². The molecule has 1 atom stereocenters. The third-order valence-corrected chi connectivity index (χ3v) is 5.41. The van der Waals surface area contributed by atoms with Crippen molar-refractivity contribution in [3.63, 3.8) is 0 Å². The molecule has 6 nitrogen and oxygen atoms in total. The average Bonchev–Trinajstić information content (AvgIpc) is 2.97. The normalized spacial score (nSPS) is 16.3. The van der Waals surface area contributed by atoms with Crippen LogP contribution in [0.4, 0.5) is 0 Å². The lowest BCUT2D eigenvalue weighted by Gasteiger charge is -2.24. The molecule has 3 rings (SSSR count). The lowest BCUT2D eigenvalue weighted by Crippen LogP contribution is -2.37. The van der Waals surface area contributed by atoms with Crippen molar-refractivity contribution in [3.8, 4) is 0 Å². The number of hydrogen-bond acceptors (Lipinski definition) is 6. The molecule has 0 aromatic heterocycles. The van der Waals surface area contributed by atoms with Crippen molar-refractivity contribution < 1.29 is 24.2 Å². The Hall–Kier alpha value is -2.97. The second-order valence-corrected chi connectivity index (χ2v) is 7.49. The number of carboxylic acids is 1. The predicted octanol–water partition coefficient (Wildman–Crippen LogP) is 3.50. The van der Waals surface area contributed by atoms with Crippen LogP contribution in [0.25, 0.3) is 6.08 Å². The first kappa shape index (κ1) is 19.8. The summed E-state index contributed by atoms with van der Waals surface area (Å²) in [6.07, 6.45) is 1.62. The van der Waals surface area contributed by atoms with E-state index >= 15 is 0 Å². The van der Waals surface area contributed by atoms with Crippen molar-refractivity contribution in [2.24, 2.45) is 0 Å². The zero-order valence-electron chi connectivity index (χ0n) is 14.7. The average molecular weight is 413 g/mol. The molecule has 1 unspecified atom stereocenters. The molecule has 1 saturated heterocycles. The second kappa shape index (κ2) is 8.37. The van der Waals surface area contributed by atoms with Crippen LogP contribution in [0.3, 0.4) is 0 Å². The number of benzene rings is 2. The van der Waals surface area contributed by atoms with Gasteiger partial charge in [0.15, 0.2) is 6.04 Å². The number of carbonyl (C=O) groups is 3. The number of carbonyl (C=O) groups excluding carboxylic acids is 2. The summed E-state index contributed by atoms with van der Waals surface area (Å²) in [5.74, 6) is -2.02. The third-order valence-electron chi connectivity index (χ3n) is 4.08. The highest BCUT2D eigenvalue weighted by atomic mass is 32.2. The van der Waals surface area contributed by atoms with Gasteiger partial charge in [-0.25, -0.2) is 9.59 Å². The molecule has 0 saturated carbocycles. The maximum Gasteiger partial charge on any atom is 0.335 e. The molecule has 1 heterocycles. The summed E-state index contributed by atoms with van der Waals surface area (Å²) >= 11 is 6.43. The smallest absolute Gasteiger partial charge is 0.335 e. The van der Waals surface area contributed by atoms with Gasteiger partial charge in [0.05, 0.1) is 17.6 Å². The molecular weight excluding hydrogens is 398 g/mol. The van der Waals surface area contributed by atoms with Crippen LogP contribution in [0.5, 0.6) is 0 Å². The van der Waals surface area contributed by atoms with E-state index in [1.807, 2.05) is 6.07 Å². The Kier molecular flexibility index (Phi) is 5.91. The quantitative estimate of drug-likeness (QED) is 0.456. The van der Waals surface area contributed by atoms with Gasteiger partial charge in [-0.2, -0.15) is 0 Å². The standard InChI is InChI=1S/C20H15NO5S2/c1-26-19(25)16(13-5-3-2-4-6-13)21-17(22)15(28-20(21)27)11-12-7-9-14(10-8-12)18(23)24/h2-11,16H,1H3,(H,23,24)/b15-11-. The molecule has 8 heteroatoms. The molecule has 142 valence electrons. The van der Waals surface area contributed by atoms with Crippen molar-refractivity contribution in [1.82, 2.24) is 4.90 Å². The minimum absolute atomic E-state index is 0.152. The van der Waals surface area contributed by atoms with Crippen molar-refractivity contribution >= 4 is 52.2 Å². The number of esters is 1. The number of methoxy groups -OCH3 is 1. The molecule has 2 aromatic carbocycles. The van der Waals surface area contributed by atoms with Crippen LogP contribution in [0, 0.1) is 0 Å². The first-order valence-electron chi connectivity index (χ1n) is 8.15. The molecule has 28 heavy (non-hydrogen) atoms. The van der Waals surface area contributed by atoms with Crippen molar-refractivity contribution in [1.29, 1.82) is 0 Å². The van der Waals surface area contributed by atoms with Gasteiger partial charge in [0.1, 0.15) is 4.32 Å². The molecule has 1 fully saturated rings. The summed E-state index contributed by atoms with van der Waals surface area (Å²) in [4.78, 5) is 37.9. The molecule has 1 aliphatic rings. The zero-order chi connectivity index (χ0) is 20.3. The minimum atomic E-state index is -1.03. The van der Waals surface area contributed by atoms with Crippen LogP contribution >= 0.6 is 24.0 Å². The summed E-state index contributed by atoms with van der Waals surface area (Å²) in [6.45, 7) is 0. The number of thioether (sulfide) groups is 1. The van der Waals surface area contributed by atoms with Crippen LogP contribution < -0.4 is 0 Å². The van der Waals surface area contributed by atoms with Gasteiger partial charge in [0.25, 0.3) is 5.91 Å². The van der Waals surface area contributed by atoms with Gasteiger partial charge in [-0.15, -0.1) is 0 Å². The van der Waals surface area contributed by atoms with Crippen molar-refractivity contribution in [2.75, 3.05) is 7.11 Å². The van der Waals surface area contributed by atoms with Crippen LogP contribution in [0.2, 0.25) is 0 Å². The summed E-state index contributed by atoms with van der Waals surface area (Å²) < 4.78 is 5.14. The SMILES string of the molecule is COC(=O)C(c1ccccc1)N1C(=O)/C(=C/c2ccc(C(=O)O)cc2)SC1=S. The van der Waals surface area contributed by atoms with E-state index in [0.717, 1.165) is 11.8 Å². The van der Waals surface area contributed by atoms with Gasteiger partial charge < -0.3 is 9.84 Å². The number of hydrogen-bond donors (Lipinski definition) is 1. The predicted molar refractivity (Wildman–Crippen MR) is 110 cm³/mol. The third kappa shape index (κ3) is 3.97. The Balaban J connectivity index is 1.93. The van der Waals surface area contributed by atoms with Gasteiger partial charge in [0, 0.05) is 0 Å². The fraction of sp³-hybridized carbons (Fsp3) is 0.100. The molecule has 0 radical (unpaired) electrons. The first-order chi connectivity index (χ1) is 13.4. The number of amides is 1. The molecule has 1 aliphatic heterocycles. The number of ether oxygens (including phenoxy) is 1. The summed E-state index contributed by atoms with van der Waals surface area (Å²) in [6, 6.07) is 13.9.